The first-order chi connectivity index (χ1) is 17.7. The van der Waals surface area contributed by atoms with Crippen molar-refractivity contribution in [1.29, 1.82) is 0 Å². The molecule has 0 fully saturated rings. The van der Waals surface area contributed by atoms with Crippen molar-refractivity contribution in [3.8, 4) is 17.1 Å². The number of amides is 1. The number of halogens is 3. The van der Waals surface area contributed by atoms with E-state index in [0.717, 1.165) is 28.8 Å². The maximum absolute atomic E-state index is 13.5. The first-order valence-corrected chi connectivity index (χ1v) is 12.0. The Balaban J connectivity index is 1.69. The van der Waals surface area contributed by atoms with Gasteiger partial charge in [-0.05, 0) is 66.3 Å². The van der Waals surface area contributed by atoms with Gasteiger partial charge in [0.25, 0.3) is 5.91 Å². The Hall–Kier alpha value is -4.07. The Kier molecular flexibility index (Phi) is 7.10. The highest BCUT2D eigenvalue weighted by atomic mass is 19.4. The second kappa shape index (κ2) is 10.0. The standard InChI is InChI=1S/C30H28F3NO4/c1-17-13-23-24(14-18(17)2)38-27(19-9-11-20(12-10-19)29(3,4)5)28(26(23)36)37-16-25(35)34-22-8-6-7-21(15-22)30(31,32)33/h6-15H,16H2,1-5H3,(H,34,35). The fourth-order valence-electron chi connectivity index (χ4n) is 3.98. The maximum Gasteiger partial charge on any atom is 0.416 e. The average Bonchev–Trinajstić information content (AvgIpc) is 2.84. The highest BCUT2D eigenvalue weighted by Gasteiger charge is 2.30. The monoisotopic (exact) mass is 523 g/mol. The van der Waals surface area contributed by atoms with Gasteiger partial charge in [0.05, 0.1) is 10.9 Å². The van der Waals surface area contributed by atoms with Crippen LogP contribution in [0.5, 0.6) is 5.75 Å². The number of hydrogen-bond acceptors (Lipinski definition) is 4. The minimum Gasteiger partial charge on any atom is -0.476 e. The summed E-state index contributed by atoms with van der Waals surface area (Å²) in [5.41, 5.74) is 2.43. The van der Waals surface area contributed by atoms with Crippen LogP contribution in [0.1, 0.15) is 43.0 Å². The Labute approximate surface area is 218 Å². The van der Waals surface area contributed by atoms with Gasteiger partial charge in [0.1, 0.15) is 5.58 Å². The summed E-state index contributed by atoms with van der Waals surface area (Å²) in [5.74, 6) is -0.709. The van der Waals surface area contributed by atoms with Crippen molar-refractivity contribution in [2.75, 3.05) is 11.9 Å². The molecule has 3 aromatic carbocycles. The number of anilines is 1. The molecule has 0 spiro atoms. The molecule has 8 heteroatoms. The molecule has 0 aliphatic rings. The molecule has 4 rings (SSSR count). The van der Waals surface area contributed by atoms with E-state index in [9.17, 15) is 22.8 Å². The van der Waals surface area contributed by atoms with Gasteiger partial charge in [0, 0.05) is 11.3 Å². The minimum atomic E-state index is -4.55. The summed E-state index contributed by atoms with van der Waals surface area (Å²) >= 11 is 0. The number of carbonyl (C=O) groups excluding carboxylic acids is 1. The number of nitrogens with one attached hydrogen (secondary N) is 1. The average molecular weight is 524 g/mol. The SMILES string of the molecule is Cc1cc2oc(-c3ccc(C(C)(C)C)cc3)c(OCC(=O)Nc3cccc(C(F)(F)F)c3)c(=O)c2cc1C. The van der Waals surface area contributed by atoms with Crippen LogP contribution in [0.3, 0.4) is 0 Å². The van der Waals surface area contributed by atoms with Crippen molar-refractivity contribution in [3.05, 3.63) is 93.1 Å². The molecule has 0 bridgehead atoms. The Morgan fingerprint density at radius 2 is 1.58 bits per heavy atom. The highest BCUT2D eigenvalue weighted by Crippen LogP contribution is 2.34. The van der Waals surface area contributed by atoms with E-state index in [-0.39, 0.29) is 22.6 Å². The van der Waals surface area contributed by atoms with Crippen LogP contribution >= 0.6 is 0 Å². The summed E-state index contributed by atoms with van der Waals surface area (Å²) in [4.78, 5) is 26.1. The topological polar surface area (TPSA) is 68.5 Å². The van der Waals surface area contributed by atoms with Crippen LogP contribution in [-0.4, -0.2) is 12.5 Å². The number of ether oxygens (including phenoxy) is 1. The van der Waals surface area contributed by atoms with Crippen molar-refractivity contribution in [2.45, 2.75) is 46.2 Å². The molecule has 5 nitrogen and oxygen atoms in total. The van der Waals surface area contributed by atoms with Crippen molar-refractivity contribution < 1.29 is 27.1 Å². The van der Waals surface area contributed by atoms with Crippen molar-refractivity contribution in [3.63, 3.8) is 0 Å². The number of fused-ring (bicyclic) bond motifs is 1. The predicted molar refractivity (Wildman–Crippen MR) is 142 cm³/mol. The fourth-order valence-corrected chi connectivity index (χ4v) is 3.98. The first-order valence-electron chi connectivity index (χ1n) is 12.0. The largest absolute Gasteiger partial charge is 0.476 e. The zero-order valence-corrected chi connectivity index (χ0v) is 21.7. The van der Waals surface area contributed by atoms with Gasteiger partial charge in [-0.15, -0.1) is 0 Å². The molecule has 0 atom stereocenters. The second-order valence-electron chi connectivity index (χ2n) is 10.3. The van der Waals surface area contributed by atoms with E-state index in [4.69, 9.17) is 9.15 Å². The quantitative estimate of drug-likeness (QED) is 0.296. The van der Waals surface area contributed by atoms with Crippen LogP contribution in [0.2, 0.25) is 0 Å². The summed E-state index contributed by atoms with van der Waals surface area (Å²) in [6.07, 6.45) is -4.55. The third-order valence-electron chi connectivity index (χ3n) is 6.30. The summed E-state index contributed by atoms with van der Waals surface area (Å²) < 4.78 is 50.9. The molecule has 198 valence electrons. The number of benzene rings is 3. The third-order valence-corrected chi connectivity index (χ3v) is 6.30. The van der Waals surface area contributed by atoms with E-state index in [2.05, 4.69) is 26.1 Å². The minimum absolute atomic E-state index is 0.0388. The predicted octanol–water partition coefficient (Wildman–Crippen LogP) is 7.41. The lowest BCUT2D eigenvalue weighted by Crippen LogP contribution is -2.23. The van der Waals surface area contributed by atoms with Gasteiger partial charge < -0.3 is 14.5 Å². The molecule has 1 aromatic heterocycles. The van der Waals surface area contributed by atoms with E-state index < -0.39 is 29.7 Å². The molecule has 0 saturated heterocycles. The van der Waals surface area contributed by atoms with Gasteiger partial charge >= 0.3 is 6.18 Å². The van der Waals surface area contributed by atoms with Gasteiger partial charge in [0.2, 0.25) is 11.2 Å². The summed E-state index contributed by atoms with van der Waals surface area (Å²) in [6, 6.07) is 15.3. The van der Waals surface area contributed by atoms with E-state index in [1.54, 1.807) is 12.1 Å². The molecule has 0 unspecified atom stereocenters. The second-order valence-corrected chi connectivity index (χ2v) is 10.3. The summed E-state index contributed by atoms with van der Waals surface area (Å²) in [7, 11) is 0. The molecule has 0 saturated carbocycles. The van der Waals surface area contributed by atoms with E-state index >= 15 is 0 Å². The number of carbonyl (C=O) groups is 1. The van der Waals surface area contributed by atoms with Crippen molar-refractivity contribution in [1.82, 2.24) is 0 Å². The highest BCUT2D eigenvalue weighted by molar-refractivity contribution is 5.92. The van der Waals surface area contributed by atoms with E-state index in [0.29, 0.717) is 16.5 Å². The molecule has 4 aromatic rings. The lowest BCUT2D eigenvalue weighted by Gasteiger charge is -2.19. The zero-order chi connectivity index (χ0) is 27.8. The zero-order valence-electron chi connectivity index (χ0n) is 21.7. The number of alkyl halides is 3. The summed E-state index contributed by atoms with van der Waals surface area (Å²) in [6.45, 7) is 9.43. The van der Waals surface area contributed by atoms with Gasteiger partial charge in [-0.25, -0.2) is 0 Å². The molecule has 1 amide bonds. The maximum atomic E-state index is 13.5. The fraction of sp³-hybridized carbons (Fsp3) is 0.267. The molecule has 0 aliphatic carbocycles. The molecule has 0 radical (unpaired) electrons. The molecule has 0 aliphatic heterocycles. The van der Waals surface area contributed by atoms with Crippen LogP contribution < -0.4 is 15.5 Å². The molecular weight excluding hydrogens is 495 g/mol. The number of hydrogen-bond donors (Lipinski definition) is 1. The van der Waals surface area contributed by atoms with Gasteiger partial charge in [-0.3, -0.25) is 9.59 Å². The number of aryl methyl sites for hydroxylation is 2. The molecule has 1 N–H and O–H groups in total. The Morgan fingerprint density at radius 3 is 2.21 bits per heavy atom. The molecule has 38 heavy (non-hydrogen) atoms. The molecule has 1 heterocycles. The van der Waals surface area contributed by atoms with Gasteiger partial charge in [0.15, 0.2) is 12.4 Å². The number of rotatable bonds is 5. The smallest absolute Gasteiger partial charge is 0.416 e. The van der Waals surface area contributed by atoms with E-state index in [1.807, 2.05) is 38.1 Å². The van der Waals surface area contributed by atoms with Crippen molar-refractivity contribution >= 4 is 22.6 Å². The Bertz CT molecular complexity index is 1560. The van der Waals surface area contributed by atoms with Crippen LogP contribution in [0.25, 0.3) is 22.3 Å². The third kappa shape index (κ3) is 5.74. The first kappa shape index (κ1) is 27.0. The van der Waals surface area contributed by atoms with Crippen LogP contribution in [0.15, 0.2) is 69.9 Å². The van der Waals surface area contributed by atoms with Gasteiger partial charge in [-0.2, -0.15) is 13.2 Å². The Morgan fingerprint density at radius 1 is 0.921 bits per heavy atom. The summed E-state index contributed by atoms with van der Waals surface area (Å²) in [5, 5.41) is 2.69. The van der Waals surface area contributed by atoms with Crippen molar-refractivity contribution in [2.24, 2.45) is 0 Å². The van der Waals surface area contributed by atoms with Crippen LogP contribution in [-0.2, 0) is 16.4 Å². The normalized spacial score (nSPS) is 12.0. The van der Waals surface area contributed by atoms with Gasteiger partial charge in [-0.1, -0.05) is 51.1 Å². The van der Waals surface area contributed by atoms with E-state index in [1.165, 1.54) is 12.1 Å². The molecular formula is C30H28F3NO4. The lowest BCUT2D eigenvalue weighted by molar-refractivity contribution is -0.137. The van der Waals surface area contributed by atoms with Crippen LogP contribution in [0.4, 0.5) is 18.9 Å². The lowest BCUT2D eigenvalue weighted by atomic mass is 9.86. The van der Waals surface area contributed by atoms with Crippen LogP contribution in [0, 0.1) is 13.8 Å².